The van der Waals surface area contributed by atoms with Gasteiger partial charge in [0.25, 0.3) is 0 Å². The summed E-state index contributed by atoms with van der Waals surface area (Å²) < 4.78 is 1.63. The van der Waals surface area contributed by atoms with E-state index in [1.807, 2.05) is 19.1 Å². The van der Waals surface area contributed by atoms with Gasteiger partial charge in [0.2, 0.25) is 5.91 Å². The Kier molecular flexibility index (Phi) is 4.45. The van der Waals surface area contributed by atoms with Crippen LogP contribution in [0, 0.1) is 6.92 Å². The largest absolute Gasteiger partial charge is 0.340 e. The van der Waals surface area contributed by atoms with Crippen LogP contribution in [0.15, 0.2) is 30.9 Å². The van der Waals surface area contributed by atoms with Gasteiger partial charge in [-0.1, -0.05) is 29.3 Å². The Morgan fingerprint density at radius 2 is 2.07 bits per heavy atom. The van der Waals surface area contributed by atoms with Crippen LogP contribution in [0.4, 0.5) is 5.82 Å². The number of hydrogen-bond donors (Lipinski definition) is 2. The van der Waals surface area contributed by atoms with Crippen LogP contribution in [-0.2, 0) is 4.79 Å². The van der Waals surface area contributed by atoms with E-state index in [-0.39, 0.29) is 11.2 Å². The minimum Gasteiger partial charge on any atom is -0.340 e. The highest BCUT2D eigenvalue weighted by Crippen LogP contribution is 2.45. The minimum absolute atomic E-state index is 0.116. The lowest BCUT2D eigenvalue weighted by atomic mass is 10.0. The fourth-order valence-corrected chi connectivity index (χ4v) is 4.87. The number of thioether (sulfide) groups is 1. The fourth-order valence-electron chi connectivity index (χ4n) is 3.39. The summed E-state index contributed by atoms with van der Waals surface area (Å²) in [5.74, 6) is 1.26. The molecular weight excluding hydrogens is 433 g/mol. The van der Waals surface area contributed by atoms with Crippen LogP contribution in [-0.4, -0.2) is 41.4 Å². The first-order valence-corrected chi connectivity index (χ1v) is 10.4. The van der Waals surface area contributed by atoms with Gasteiger partial charge in [-0.3, -0.25) is 4.79 Å². The zero-order valence-corrected chi connectivity index (χ0v) is 17.3. The van der Waals surface area contributed by atoms with Crippen molar-refractivity contribution in [3.8, 4) is 5.82 Å². The van der Waals surface area contributed by atoms with Crippen molar-refractivity contribution in [2.24, 2.45) is 0 Å². The van der Waals surface area contributed by atoms with Gasteiger partial charge in [-0.2, -0.15) is 9.78 Å². The van der Waals surface area contributed by atoms with Crippen LogP contribution in [0.5, 0.6) is 0 Å². The summed E-state index contributed by atoms with van der Waals surface area (Å²) >= 11 is 13.9. The van der Waals surface area contributed by atoms with E-state index in [9.17, 15) is 4.79 Å². The molecule has 0 unspecified atom stereocenters. The number of nitrogens with one attached hydrogen (secondary N) is 2. The highest BCUT2D eigenvalue weighted by atomic mass is 35.5. The van der Waals surface area contributed by atoms with Gasteiger partial charge in [0.1, 0.15) is 17.7 Å². The Bertz CT molecular complexity index is 1270. The molecule has 0 saturated carbocycles. The number of carbonyl (C=O) groups is 1. The Morgan fingerprint density at radius 3 is 2.90 bits per heavy atom. The molecular formula is C18H13Cl2N7OS. The molecule has 0 radical (unpaired) electrons. The average molecular weight is 446 g/mol. The third kappa shape index (κ3) is 3.06. The number of anilines is 1. The first-order valence-electron chi connectivity index (χ1n) is 8.63. The Hall–Kier alpha value is -2.62. The molecule has 0 spiro atoms. The lowest BCUT2D eigenvalue weighted by molar-refractivity contribution is -0.113. The standard InChI is InChI=1S/C18H13Cl2N7OS/c1-8-13-15(9-2-3-10(19)11(20)4-9)29-5-12(28)25-17(13)27(26-8)18-14-16(22-6-21-14)23-7-24-18/h2-4,6-7,15H,5H2,1H3,(H,25,28)(H,21,22,23,24)/t15-/m1/s1. The van der Waals surface area contributed by atoms with Crippen molar-refractivity contribution in [2.75, 3.05) is 11.1 Å². The topological polar surface area (TPSA) is 101 Å². The molecule has 0 bridgehead atoms. The number of hydrogen-bond acceptors (Lipinski definition) is 6. The van der Waals surface area contributed by atoms with E-state index in [4.69, 9.17) is 23.2 Å². The quantitative estimate of drug-likeness (QED) is 0.484. The maximum Gasteiger partial charge on any atom is 0.235 e. The van der Waals surface area contributed by atoms with E-state index in [2.05, 4.69) is 30.4 Å². The van der Waals surface area contributed by atoms with Gasteiger partial charge in [-0.05, 0) is 24.6 Å². The predicted molar refractivity (Wildman–Crippen MR) is 113 cm³/mol. The number of aromatic amines is 1. The van der Waals surface area contributed by atoms with E-state index in [1.165, 1.54) is 18.1 Å². The summed E-state index contributed by atoms with van der Waals surface area (Å²) in [6, 6.07) is 5.51. The molecule has 1 atom stereocenters. The van der Waals surface area contributed by atoms with Crippen LogP contribution in [0.3, 0.4) is 0 Å². The van der Waals surface area contributed by atoms with E-state index >= 15 is 0 Å². The lowest BCUT2D eigenvalue weighted by Crippen LogP contribution is -2.16. The summed E-state index contributed by atoms with van der Waals surface area (Å²) in [5, 5.41) is 8.46. The van der Waals surface area contributed by atoms with Crippen molar-refractivity contribution in [1.82, 2.24) is 29.7 Å². The maximum atomic E-state index is 12.5. The van der Waals surface area contributed by atoms with Gasteiger partial charge in [-0.15, -0.1) is 11.8 Å². The molecule has 1 aromatic carbocycles. The van der Waals surface area contributed by atoms with Gasteiger partial charge in [0, 0.05) is 5.56 Å². The first kappa shape index (κ1) is 18.4. The molecule has 5 rings (SSSR count). The van der Waals surface area contributed by atoms with Gasteiger partial charge in [0.05, 0.1) is 33.1 Å². The Labute approximate surface area is 179 Å². The molecule has 4 heterocycles. The third-order valence-electron chi connectivity index (χ3n) is 4.66. The van der Waals surface area contributed by atoms with Crippen LogP contribution in [0.2, 0.25) is 10.0 Å². The molecule has 0 saturated heterocycles. The Morgan fingerprint density at radius 1 is 1.21 bits per heavy atom. The molecule has 11 heteroatoms. The molecule has 1 aliphatic heterocycles. The second-order valence-corrected chi connectivity index (χ2v) is 8.38. The van der Waals surface area contributed by atoms with Crippen molar-refractivity contribution in [1.29, 1.82) is 0 Å². The summed E-state index contributed by atoms with van der Waals surface area (Å²) in [5.41, 5.74) is 3.77. The molecule has 1 amide bonds. The monoisotopic (exact) mass is 445 g/mol. The van der Waals surface area contributed by atoms with E-state index in [0.717, 1.165) is 16.8 Å². The molecule has 2 N–H and O–H groups in total. The number of nitrogens with zero attached hydrogens (tertiary/aromatic N) is 5. The van der Waals surface area contributed by atoms with Gasteiger partial charge < -0.3 is 10.3 Å². The van der Waals surface area contributed by atoms with E-state index in [1.54, 1.807) is 17.1 Å². The molecule has 4 aromatic rings. The van der Waals surface area contributed by atoms with Crippen molar-refractivity contribution in [3.05, 3.63) is 57.7 Å². The third-order valence-corrected chi connectivity index (χ3v) is 6.67. The van der Waals surface area contributed by atoms with Crippen molar-refractivity contribution >= 4 is 57.9 Å². The molecule has 8 nitrogen and oxygen atoms in total. The van der Waals surface area contributed by atoms with Gasteiger partial charge >= 0.3 is 0 Å². The molecule has 0 aliphatic carbocycles. The van der Waals surface area contributed by atoms with E-state index < -0.39 is 0 Å². The predicted octanol–water partition coefficient (Wildman–Crippen LogP) is 3.93. The van der Waals surface area contributed by atoms with Gasteiger partial charge in [0.15, 0.2) is 11.5 Å². The van der Waals surface area contributed by atoms with Crippen molar-refractivity contribution in [3.63, 3.8) is 0 Å². The number of amides is 1. The van der Waals surface area contributed by atoms with E-state index in [0.29, 0.717) is 38.6 Å². The second kappa shape index (κ2) is 7.01. The number of aromatic nitrogens is 6. The zero-order chi connectivity index (χ0) is 20.1. The SMILES string of the molecule is Cc1nn(-c2ncnc3nc[nH]c23)c2c1[C@@H](c1ccc(Cl)c(Cl)c1)SCC(=O)N2. The summed E-state index contributed by atoms with van der Waals surface area (Å²) in [7, 11) is 0. The molecule has 146 valence electrons. The van der Waals surface area contributed by atoms with Crippen LogP contribution in [0.25, 0.3) is 17.0 Å². The maximum absolute atomic E-state index is 12.5. The number of rotatable bonds is 2. The molecule has 0 fully saturated rings. The van der Waals surface area contributed by atoms with Crippen LogP contribution >= 0.6 is 35.0 Å². The number of H-pyrrole nitrogens is 1. The Balaban J connectivity index is 1.73. The number of halogens is 2. The molecule has 29 heavy (non-hydrogen) atoms. The van der Waals surface area contributed by atoms with Crippen LogP contribution in [0.1, 0.15) is 22.1 Å². The summed E-state index contributed by atoms with van der Waals surface area (Å²) in [6.45, 7) is 1.91. The number of aryl methyl sites for hydroxylation is 1. The highest BCUT2D eigenvalue weighted by Gasteiger charge is 2.31. The molecule has 1 aliphatic rings. The number of imidazole rings is 1. The van der Waals surface area contributed by atoms with Gasteiger partial charge in [-0.25, -0.2) is 15.0 Å². The summed E-state index contributed by atoms with van der Waals surface area (Å²) in [4.78, 5) is 28.2. The minimum atomic E-state index is -0.147. The van der Waals surface area contributed by atoms with Crippen molar-refractivity contribution < 1.29 is 4.79 Å². The normalized spacial score (nSPS) is 16.5. The fraction of sp³-hybridized carbons (Fsp3) is 0.167. The smallest absolute Gasteiger partial charge is 0.235 e. The molecule has 3 aromatic heterocycles. The number of fused-ring (bicyclic) bond motifs is 2. The number of carbonyl (C=O) groups excluding carboxylic acids is 1. The number of benzene rings is 1. The average Bonchev–Trinajstić information content (AvgIpc) is 3.25. The lowest BCUT2D eigenvalue weighted by Gasteiger charge is -2.16. The second-order valence-electron chi connectivity index (χ2n) is 6.47. The zero-order valence-electron chi connectivity index (χ0n) is 15.0. The summed E-state index contributed by atoms with van der Waals surface area (Å²) in [6.07, 6.45) is 2.97. The van der Waals surface area contributed by atoms with Crippen molar-refractivity contribution in [2.45, 2.75) is 12.2 Å². The highest BCUT2D eigenvalue weighted by molar-refractivity contribution is 8.00. The van der Waals surface area contributed by atoms with Crippen LogP contribution < -0.4 is 5.32 Å². The first-order chi connectivity index (χ1) is 14.0.